The van der Waals surface area contributed by atoms with E-state index < -0.39 is 5.97 Å². The third kappa shape index (κ3) is 3.11. The summed E-state index contributed by atoms with van der Waals surface area (Å²) in [5.74, 6) is -0.339. The summed E-state index contributed by atoms with van der Waals surface area (Å²) in [6.45, 7) is 1.98. The van der Waals surface area contributed by atoms with Gasteiger partial charge in [0.25, 0.3) is 0 Å². The third-order valence-corrected chi connectivity index (χ3v) is 2.17. The zero-order valence-corrected chi connectivity index (χ0v) is 9.69. The van der Waals surface area contributed by atoms with E-state index in [0.29, 0.717) is 5.56 Å². The summed E-state index contributed by atoms with van der Waals surface area (Å²) in [5.41, 5.74) is 0.706. The predicted molar refractivity (Wildman–Crippen MR) is 59.7 cm³/mol. The molecule has 0 radical (unpaired) electrons. The summed E-state index contributed by atoms with van der Waals surface area (Å²) in [6.07, 6.45) is -0.0473. The Morgan fingerprint density at radius 1 is 1.53 bits per heavy atom. The number of hydrogen-bond acceptors (Lipinski definition) is 5. The second-order valence-electron chi connectivity index (χ2n) is 3.27. The first-order valence-corrected chi connectivity index (χ1v) is 5.08. The minimum absolute atomic E-state index is 0.0473. The van der Waals surface area contributed by atoms with Crippen molar-refractivity contribution in [1.82, 2.24) is 0 Å². The highest BCUT2D eigenvalue weighted by Gasteiger charge is 2.13. The minimum atomic E-state index is -0.437. The highest BCUT2D eigenvalue weighted by Crippen LogP contribution is 2.29. The van der Waals surface area contributed by atoms with E-state index in [2.05, 4.69) is 0 Å². The minimum Gasteiger partial charge on any atom is -0.504 e. The normalized spacial score (nSPS) is 9.47. The van der Waals surface area contributed by atoms with Crippen molar-refractivity contribution in [3.05, 3.63) is 23.3 Å². The molecule has 0 atom stereocenters. The van der Waals surface area contributed by atoms with Crippen molar-refractivity contribution in [3.8, 4) is 17.6 Å². The van der Waals surface area contributed by atoms with Gasteiger partial charge in [-0.1, -0.05) is 0 Å². The summed E-state index contributed by atoms with van der Waals surface area (Å²) < 4.78 is 9.66. The molecular weight excluding hydrogens is 222 g/mol. The Morgan fingerprint density at radius 3 is 2.76 bits per heavy atom. The van der Waals surface area contributed by atoms with Crippen LogP contribution in [0.4, 0.5) is 0 Å². The SMILES string of the molecule is CCOC(=O)Cc1cc(O)c(OC)cc1C#N. The van der Waals surface area contributed by atoms with Crippen molar-refractivity contribution in [3.63, 3.8) is 0 Å². The van der Waals surface area contributed by atoms with E-state index in [9.17, 15) is 9.90 Å². The fourth-order valence-corrected chi connectivity index (χ4v) is 1.39. The quantitative estimate of drug-likeness (QED) is 0.797. The van der Waals surface area contributed by atoms with E-state index in [0.717, 1.165) is 0 Å². The standard InChI is InChI=1S/C12H13NO4/c1-3-17-12(15)6-8-4-10(14)11(16-2)5-9(8)7-13/h4-5,14H,3,6H2,1-2H3. The number of nitrogens with zero attached hydrogens (tertiary/aromatic N) is 1. The van der Waals surface area contributed by atoms with Gasteiger partial charge in [0.1, 0.15) is 0 Å². The molecule has 0 bridgehead atoms. The lowest BCUT2D eigenvalue weighted by Crippen LogP contribution is -2.08. The first kappa shape index (κ1) is 12.8. The molecule has 5 nitrogen and oxygen atoms in total. The number of aromatic hydroxyl groups is 1. The average molecular weight is 235 g/mol. The molecule has 0 aliphatic heterocycles. The van der Waals surface area contributed by atoms with Crippen LogP contribution < -0.4 is 4.74 Å². The maximum Gasteiger partial charge on any atom is 0.310 e. The maximum atomic E-state index is 11.3. The van der Waals surface area contributed by atoms with Gasteiger partial charge in [0, 0.05) is 6.07 Å². The molecule has 17 heavy (non-hydrogen) atoms. The zero-order chi connectivity index (χ0) is 12.8. The van der Waals surface area contributed by atoms with Gasteiger partial charge in [0.05, 0.1) is 31.8 Å². The summed E-state index contributed by atoms with van der Waals surface area (Å²) in [7, 11) is 1.39. The van der Waals surface area contributed by atoms with Gasteiger partial charge in [-0.25, -0.2) is 0 Å². The lowest BCUT2D eigenvalue weighted by atomic mass is 10.0. The van der Waals surface area contributed by atoms with E-state index in [4.69, 9.17) is 14.7 Å². The molecule has 0 unspecified atom stereocenters. The number of carbonyl (C=O) groups excluding carboxylic acids is 1. The number of rotatable bonds is 4. The number of esters is 1. The van der Waals surface area contributed by atoms with Crippen molar-refractivity contribution >= 4 is 5.97 Å². The van der Waals surface area contributed by atoms with Crippen LogP contribution in [-0.4, -0.2) is 24.8 Å². The van der Waals surface area contributed by atoms with Gasteiger partial charge in [-0.15, -0.1) is 0 Å². The van der Waals surface area contributed by atoms with Crippen LogP contribution in [0, 0.1) is 11.3 Å². The van der Waals surface area contributed by atoms with Gasteiger partial charge in [0.15, 0.2) is 11.5 Å². The fourth-order valence-electron chi connectivity index (χ4n) is 1.39. The Kier molecular flexibility index (Phi) is 4.35. The third-order valence-electron chi connectivity index (χ3n) is 2.17. The second kappa shape index (κ2) is 5.75. The van der Waals surface area contributed by atoms with Crippen molar-refractivity contribution < 1.29 is 19.4 Å². The van der Waals surface area contributed by atoms with E-state index in [1.54, 1.807) is 6.92 Å². The molecule has 0 aliphatic carbocycles. The molecule has 1 aromatic carbocycles. The molecule has 0 saturated heterocycles. The Hall–Kier alpha value is -2.22. The van der Waals surface area contributed by atoms with Crippen LogP contribution in [0.2, 0.25) is 0 Å². The Labute approximate surface area is 99.2 Å². The summed E-state index contributed by atoms with van der Waals surface area (Å²) in [6, 6.07) is 4.68. The van der Waals surface area contributed by atoms with Crippen LogP contribution >= 0.6 is 0 Å². The molecule has 0 aliphatic rings. The van der Waals surface area contributed by atoms with Crippen molar-refractivity contribution in [2.45, 2.75) is 13.3 Å². The molecule has 0 spiro atoms. The maximum absolute atomic E-state index is 11.3. The molecule has 90 valence electrons. The van der Waals surface area contributed by atoms with Gasteiger partial charge >= 0.3 is 5.97 Å². The summed E-state index contributed by atoms with van der Waals surface area (Å²) in [5, 5.41) is 18.5. The van der Waals surface area contributed by atoms with Gasteiger partial charge in [-0.3, -0.25) is 4.79 Å². The van der Waals surface area contributed by atoms with Crippen molar-refractivity contribution in [1.29, 1.82) is 5.26 Å². The first-order valence-electron chi connectivity index (χ1n) is 5.08. The topological polar surface area (TPSA) is 79.6 Å². The van der Waals surface area contributed by atoms with Crippen LogP contribution in [0.15, 0.2) is 12.1 Å². The van der Waals surface area contributed by atoms with Gasteiger partial charge < -0.3 is 14.6 Å². The van der Waals surface area contributed by atoms with E-state index in [-0.39, 0.29) is 30.1 Å². The highest BCUT2D eigenvalue weighted by molar-refractivity contribution is 5.74. The highest BCUT2D eigenvalue weighted by atomic mass is 16.5. The van der Waals surface area contributed by atoms with Gasteiger partial charge in [-0.05, 0) is 18.6 Å². The Balaban J connectivity index is 3.03. The van der Waals surface area contributed by atoms with Gasteiger partial charge in [-0.2, -0.15) is 5.26 Å². The molecular formula is C12H13NO4. The van der Waals surface area contributed by atoms with Crippen LogP contribution in [0.3, 0.4) is 0 Å². The number of hydrogen-bond donors (Lipinski definition) is 1. The summed E-state index contributed by atoms with van der Waals surface area (Å²) in [4.78, 5) is 11.3. The van der Waals surface area contributed by atoms with Crippen LogP contribution in [-0.2, 0) is 16.0 Å². The molecule has 1 rings (SSSR count). The molecule has 1 N–H and O–H groups in total. The van der Waals surface area contributed by atoms with Crippen LogP contribution in [0.5, 0.6) is 11.5 Å². The smallest absolute Gasteiger partial charge is 0.310 e. The number of nitriles is 1. The lowest BCUT2D eigenvalue weighted by Gasteiger charge is -2.08. The zero-order valence-electron chi connectivity index (χ0n) is 9.69. The molecule has 1 aromatic rings. The second-order valence-corrected chi connectivity index (χ2v) is 3.27. The molecule has 0 aromatic heterocycles. The number of methoxy groups -OCH3 is 1. The lowest BCUT2D eigenvalue weighted by molar-refractivity contribution is -0.142. The molecule has 0 saturated carbocycles. The van der Waals surface area contributed by atoms with Crippen molar-refractivity contribution in [2.75, 3.05) is 13.7 Å². The van der Waals surface area contributed by atoms with Crippen molar-refractivity contribution in [2.24, 2.45) is 0 Å². The predicted octanol–water partition coefficient (Wildman–Crippen LogP) is 1.38. The molecule has 0 heterocycles. The Bertz CT molecular complexity index is 462. The van der Waals surface area contributed by atoms with E-state index in [1.807, 2.05) is 6.07 Å². The number of phenolic OH excluding ortho intramolecular Hbond substituents is 1. The van der Waals surface area contributed by atoms with Crippen LogP contribution in [0.25, 0.3) is 0 Å². The molecule has 5 heteroatoms. The molecule has 0 fully saturated rings. The first-order chi connectivity index (χ1) is 8.12. The number of ether oxygens (including phenoxy) is 2. The summed E-state index contributed by atoms with van der Waals surface area (Å²) >= 11 is 0. The number of phenols is 1. The number of carbonyl (C=O) groups is 1. The van der Waals surface area contributed by atoms with Gasteiger partial charge in [0.2, 0.25) is 0 Å². The largest absolute Gasteiger partial charge is 0.504 e. The fraction of sp³-hybridized carbons (Fsp3) is 0.333. The van der Waals surface area contributed by atoms with E-state index in [1.165, 1.54) is 19.2 Å². The molecule has 0 amide bonds. The van der Waals surface area contributed by atoms with Crippen LogP contribution in [0.1, 0.15) is 18.1 Å². The van der Waals surface area contributed by atoms with E-state index >= 15 is 0 Å². The average Bonchev–Trinajstić information content (AvgIpc) is 2.29. The monoisotopic (exact) mass is 235 g/mol. The Morgan fingerprint density at radius 2 is 2.24 bits per heavy atom. The number of benzene rings is 1.